The van der Waals surface area contributed by atoms with Crippen LogP contribution in [-0.4, -0.2) is 32.5 Å². The Hall–Kier alpha value is -2.36. The summed E-state index contributed by atoms with van der Waals surface area (Å²) in [5.41, 5.74) is 2.32. The van der Waals surface area contributed by atoms with Crippen LogP contribution in [0.1, 0.15) is 10.4 Å². The number of carbonyl (C=O) groups excluding carboxylic acids is 1. The summed E-state index contributed by atoms with van der Waals surface area (Å²) in [6, 6.07) is 14.4. The number of anilines is 2. The van der Waals surface area contributed by atoms with Gasteiger partial charge in [0.2, 0.25) is 0 Å². The van der Waals surface area contributed by atoms with Crippen LogP contribution in [0, 0.1) is 5.82 Å². The summed E-state index contributed by atoms with van der Waals surface area (Å²) in [6.45, 7) is 3.04. The van der Waals surface area contributed by atoms with Crippen LogP contribution in [0.3, 0.4) is 0 Å². The lowest BCUT2D eigenvalue weighted by Gasteiger charge is -2.37. The zero-order chi connectivity index (χ0) is 14.7. The van der Waals surface area contributed by atoms with Crippen molar-refractivity contribution in [3.05, 3.63) is 59.9 Å². The van der Waals surface area contributed by atoms with Gasteiger partial charge in [-0.25, -0.2) is 4.39 Å². The van der Waals surface area contributed by atoms with E-state index in [9.17, 15) is 9.18 Å². The maximum atomic E-state index is 13.8. The highest BCUT2D eigenvalue weighted by Gasteiger charge is 2.20. The van der Waals surface area contributed by atoms with Gasteiger partial charge in [0, 0.05) is 37.4 Å². The SMILES string of the molecule is O=Cc1ccccc1N1CCN(c2ccccc2F)CC1. The first-order valence-electron chi connectivity index (χ1n) is 7.08. The minimum atomic E-state index is -0.181. The first-order valence-corrected chi connectivity index (χ1v) is 7.08. The summed E-state index contributed by atoms with van der Waals surface area (Å²) < 4.78 is 13.8. The molecule has 0 radical (unpaired) electrons. The van der Waals surface area contributed by atoms with Crippen molar-refractivity contribution in [3.63, 3.8) is 0 Å². The molecular formula is C17H17FN2O. The number of hydrogen-bond acceptors (Lipinski definition) is 3. The molecule has 0 N–H and O–H groups in total. The van der Waals surface area contributed by atoms with Gasteiger partial charge in [-0.3, -0.25) is 4.79 Å². The molecule has 0 bridgehead atoms. The Bertz CT molecular complexity index is 636. The summed E-state index contributed by atoms with van der Waals surface area (Å²) >= 11 is 0. The maximum Gasteiger partial charge on any atom is 0.152 e. The third kappa shape index (κ3) is 2.75. The van der Waals surface area contributed by atoms with Crippen LogP contribution < -0.4 is 9.80 Å². The molecule has 0 atom stereocenters. The summed E-state index contributed by atoms with van der Waals surface area (Å²) in [5, 5.41) is 0. The van der Waals surface area contributed by atoms with Crippen molar-refractivity contribution in [2.24, 2.45) is 0 Å². The fourth-order valence-electron chi connectivity index (χ4n) is 2.77. The molecule has 108 valence electrons. The van der Waals surface area contributed by atoms with Gasteiger partial charge in [0.05, 0.1) is 5.69 Å². The molecule has 1 saturated heterocycles. The molecule has 2 aromatic carbocycles. The predicted molar refractivity (Wildman–Crippen MR) is 82.7 cm³/mol. The standard InChI is InChI=1S/C17H17FN2O/c18-15-6-2-4-8-17(15)20-11-9-19(10-12-20)16-7-3-1-5-14(16)13-21/h1-8,13H,9-12H2. The molecule has 3 nitrogen and oxygen atoms in total. The van der Waals surface area contributed by atoms with Gasteiger partial charge in [0.1, 0.15) is 5.82 Å². The topological polar surface area (TPSA) is 23.6 Å². The number of carbonyl (C=O) groups is 1. The molecule has 2 aromatic rings. The average Bonchev–Trinajstić information content (AvgIpc) is 2.55. The van der Waals surface area contributed by atoms with Crippen LogP contribution in [-0.2, 0) is 0 Å². The minimum Gasteiger partial charge on any atom is -0.367 e. The van der Waals surface area contributed by atoms with E-state index >= 15 is 0 Å². The van der Waals surface area contributed by atoms with E-state index < -0.39 is 0 Å². The first kappa shape index (κ1) is 13.6. The molecule has 0 unspecified atom stereocenters. The molecule has 1 fully saturated rings. The summed E-state index contributed by atoms with van der Waals surface area (Å²) in [4.78, 5) is 15.3. The van der Waals surface area contributed by atoms with Crippen LogP contribution >= 0.6 is 0 Å². The number of benzene rings is 2. The maximum absolute atomic E-state index is 13.8. The van der Waals surface area contributed by atoms with E-state index in [2.05, 4.69) is 9.80 Å². The largest absolute Gasteiger partial charge is 0.367 e. The zero-order valence-corrected chi connectivity index (χ0v) is 11.7. The third-order valence-corrected chi connectivity index (χ3v) is 3.88. The van der Waals surface area contributed by atoms with Gasteiger partial charge in [-0.1, -0.05) is 24.3 Å². The van der Waals surface area contributed by atoms with Crippen molar-refractivity contribution >= 4 is 17.7 Å². The summed E-state index contributed by atoms with van der Waals surface area (Å²) in [5.74, 6) is -0.181. The highest BCUT2D eigenvalue weighted by molar-refractivity contribution is 5.84. The number of nitrogens with zero attached hydrogens (tertiary/aromatic N) is 2. The third-order valence-electron chi connectivity index (χ3n) is 3.88. The quantitative estimate of drug-likeness (QED) is 0.810. The fourth-order valence-corrected chi connectivity index (χ4v) is 2.77. The van der Waals surface area contributed by atoms with Crippen molar-refractivity contribution in [1.29, 1.82) is 0 Å². The second-order valence-electron chi connectivity index (χ2n) is 5.10. The number of aldehydes is 1. The molecule has 0 saturated carbocycles. The smallest absolute Gasteiger partial charge is 0.152 e. The van der Waals surface area contributed by atoms with Gasteiger partial charge in [0.15, 0.2) is 6.29 Å². The van der Waals surface area contributed by atoms with E-state index in [0.29, 0.717) is 11.3 Å². The van der Waals surface area contributed by atoms with E-state index in [1.807, 2.05) is 36.4 Å². The van der Waals surface area contributed by atoms with Crippen molar-refractivity contribution in [2.75, 3.05) is 36.0 Å². The van der Waals surface area contributed by atoms with E-state index in [0.717, 1.165) is 38.2 Å². The van der Waals surface area contributed by atoms with Crippen LogP contribution in [0.2, 0.25) is 0 Å². The van der Waals surface area contributed by atoms with Crippen molar-refractivity contribution < 1.29 is 9.18 Å². The monoisotopic (exact) mass is 284 g/mol. The van der Waals surface area contributed by atoms with Gasteiger partial charge in [-0.2, -0.15) is 0 Å². The van der Waals surface area contributed by atoms with Gasteiger partial charge < -0.3 is 9.80 Å². The second-order valence-corrected chi connectivity index (χ2v) is 5.10. The number of rotatable bonds is 3. The molecule has 0 aliphatic carbocycles. The number of piperazine rings is 1. The molecule has 1 aliphatic heterocycles. The highest BCUT2D eigenvalue weighted by Crippen LogP contribution is 2.24. The van der Waals surface area contributed by atoms with Gasteiger partial charge in [0.25, 0.3) is 0 Å². The molecule has 3 rings (SSSR count). The van der Waals surface area contributed by atoms with Gasteiger partial charge in [-0.15, -0.1) is 0 Å². The molecule has 0 amide bonds. The number of para-hydroxylation sites is 2. The second kappa shape index (κ2) is 5.95. The normalized spacial score (nSPS) is 15.1. The molecular weight excluding hydrogens is 267 g/mol. The van der Waals surface area contributed by atoms with Crippen LogP contribution in [0.5, 0.6) is 0 Å². The summed E-state index contributed by atoms with van der Waals surface area (Å²) in [7, 11) is 0. The van der Waals surface area contributed by atoms with Crippen molar-refractivity contribution in [2.45, 2.75) is 0 Å². The Kier molecular flexibility index (Phi) is 3.86. The van der Waals surface area contributed by atoms with Crippen molar-refractivity contribution in [3.8, 4) is 0 Å². The predicted octanol–water partition coefficient (Wildman–Crippen LogP) is 2.96. The lowest BCUT2D eigenvalue weighted by molar-refractivity contribution is 0.112. The molecule has 1 aliphatic rings. The van der Waals surface area contributed by atoms with Crippen LogP contribution in [0.15, 0.2) is 48.5 Å². The number of halogens is 1. The lowest BCUT2D eigenvalue weighted by atomic mass is 10.1. The highest BCUT2D eigenvalue weighted by atomic mass is 19.1. The van der Waals surface area contributed by atoms with Crippen molar-refractivity contribution in [1.82, 2.24) is 0 Å². The molecule has 0 spiro atoms. The molecule has 4 heteroatoms. The van der Waals surface area contributed by atoms with E-state index in [1.165, 1.54) is 6.07 Å². The van der Waals surface area contributed by atoms with Crippen LogP contribution in [0.4, 0.5) is 15.8 Å². The van der Waals surface area contributed by atoms with Gasteiger partial charge >= 0.3 is 0 Å². The first-order chi connectivity index (χ1) is 10.3. The molecule has 0 aromatic heterocycles. The molecule has 1 heterocycles. The van der Waals surface area contributed by atoms with Gasteiger partial charge in [-0.05, 0) is 24.3 Å². The average molecular weight is 284 g/mol. The number of hydrogen-bond donors (Lipinski definition) is 0. The van der Waals surface area contributed by atoms with Crippen LogP contribution in [0.25, 0.3) is 0 Å². The molecule has 21 heavy (non-hydrogen) atoms. The Labute approximate surface area is 123 Å². The Morgan fingerprint density at radius 1 is 0.810 bits per heavy atom. The fraction of sp³-hybridized carbons (Fsp3) is 0.235. The summed E-state index contributed by atoms with van der Waals surface area (Å²) in [6.07, 6.45) is 0.887. The Balaban J connectivity index is 1.73. The van der Waals surface area contributed by atoms with E-state index in [4.69, 9.17) is 0 Å². The minimum absolute atomic E-state index is 0.181. The zero-order valence-electron chi connectivity index (χ0n) is 11.7. The lowest BCUT2D eigenvalue weighted by Crippen LogP contribution is -2.47. The van der Waals surface area contributed by atoms with E-state index in [1.54, 1.807) is 6.07 Å². The Morgan fingerprint density at radius 3 is 1.95 bits per heavy atom. The Morgan fingerprint density at radius 2 is 1.33 bits per heavy atom. The van der Waals surface area contributed by atoms with E-state index in [-0.39, 0.29) is 5.82 Å².